The van der Waals surface area contributed by atoms with E-state index in [-0.39, 0.29) is 79.0 Å². The van der Waals surface area contributed by atoms with E-state index in [1.807, 2.05) is 24.3 Å². The Balaban J connectivity index is 0.00000264. The predicted octanol–water partition coefficient (Wildman–Crippen LogP) is 8.09. The predicted molar refractivity (Wildman–Crippen MR) is 193 cm³/mol. The lowest BCUT2D eigenvalue weighted by Gasteiger charge is -2.43. The molecule has 2 fully saturated rings. The van der Waals surface area contributed by atoms with Crippen LogP contribution in [-0.4, -0.2) is 91.1 Å². The van der Waals surface area contributed by atoms with E-state index in [1.165, 1.54) is 17.7 Å². The second-order valence-electron chi connectivity index (χ2n) is 12.1. The third-order valence-electron chi connectivity index (χ3n) is 9.20. The number of halogens is 7. The van der Waals surface area contributed by atoms with Gasteiger partial charge < -0.3 is 4.90 Å². The van der Waals surface area contributed by atoms with Gasteiger partial charge in [0.1, 0.15) is 17.5 Å². The van der Waals surface area contributed by atoms with E-state index in [2.05, 4.69) is 33.4 Å². The molecule has 11 heteroatoms. The molecule has 2 heterocycles. The fourth-order valence-electron chi connectivity index (χ4n) is 6.64. The monoisotopic (exact) mass is 722 g/mol. The van der Waals surface area contributed by atoms with Crippen molar-refractivity contribution in [3.63, 3.8) is 0 Å². The Kier molecular flexibility index (Phi) is 19.1. The highest BCUT2D eigenvalue weighted by Crippen LogP contribution is 2.33. The summed E-state index contributed by atoms with van der Waals surface area (Å²) < 4.78 is 43.3. The molecule has 0 bridgehead atoms. The van der Waals surface area contributed by atoms with Crippen molar-refractivity contribution in [3.05, 3.63) is 107 Å². The summed E-state index contributed by atoms with van der Waals surface area (Å²) in [6, 6.07) is 21.4. The Hall–Kier alpha value is -1.55. The smallest absolute Gasteiger partial charge is 0.127 e. The summed E-state index contributed by atoms with van der Waals surface area (Å²) in [5.41, 5.74) is 2.31. The van der Waals surface area contributed by atoms with Crippen molar-refractivity contribution < 1.29 is 13.2 Å². The highest BCUT2D eigenvalue weighted by molar-refractivity contribution is 5.86. The van der Waals surface area contributed by atoms with E-state index in [9.17, 15) is 13.2 Å². The van der Waals surface area contributed by atoms with Crippen molar-refractivity contribution in [1.29, 1.82) is 0 Å². The SMILES string of the molecule is CC(C)N1CCN(C(CN2CCN(CCCC(c3ccccc3F)c3ccccc3F)CC2)c2ccc(F)cc2)CC1.Cl.Cl.Cl.Cl. The number of piperazine rings is 2. The molecule has 2 aliphatic rings. The maximum Gasteiger partial charge on any atom is 0.127 e. The van der Waals surface area contributed by atoms with E-state index in [0.29, 0.717) is 23.6 Å². The largest absolute Gasteiger partial charge is 0.301 e. The fraction of sp³-hybridized carbons (Fsp3) is 0.486. The third-order valence-corrected chi connectivity index (χ3v) is 9.20. The Morgan fingerprint density at radius 1 is 0.587 bits per heavy atom. The Labute approximate surface area is 298 Å². The molecule has 0 saturated carbocycles. The van der Waals surface area contributed by atoms with Crippen molar-refractivity contribution in [2.45, 2.75) is 44.7 Å². The van der Waals surface area contributed by atoms with Crippen molar-refractivity contribution in [2.24, 2.45) is 0 Å². The zero-order chi connectivity index (χ0) is 29.5. The lowest BCUT2D eigenvalue weighted by molar-refractivity contribution is 0.0479. The summed E-state index contributed by atoms with van der Waals surface area (Å²) >= 11 is 0. The van der Waals surface area contributed by atoms with Crippen LogP contribution >= 0.6 is 49.6 Å². The molecule has 2 saturated heterocycles. The summed E-state index contributed by atoms with van der Waals surface area (Å²) in [6.45, 7) is 14.4. The van der Waals surface area contributed by atoms with Crippen molar-refractivity contribution in [2.75, 3.05) is 65.4 Å². The van der Waals surface area contributed by atoms with Gasteiger partial charge in [0.25, 0.3) is 0 Å². The molecule has 0 N–H and O–H groups in total. The quantitative estimate of drug-likeness (QED) is 0.198. The van der Waals surface area contributed by atoms with Crippen LogP contribution in [0.3, 0.4) is 0 Å². The van der Waals surface area contributed by atoms with E-state index >= 15 is 0 Å². The van der Waals surface area contributed by atoms with Crippen LogP contribution in [0.5, 0.6) is 0 Å². The molecule has 0 radical (unpaired) electrons. The molecule has 5 rings (SSSR count). The lowest BCUT2D eigenvalue weighted by Crippen LogP contribution is -2.53. The Bertz CT molecular complexity index is 1230. The molecule has 2 aliphatic heterocycles. The number of hydrogen-bond acceptors (Lipinski definition) is 4. The van der Waals surface area contributed by atoms with Crippen molar-refractivity contribution in [1.82, 2.24) is 19.6 Å². The summed E-state index contributed by atoms with van der Waals surface area (Å²) in [5, 5.41) is 0. The first-order valence-corrected chi connectivity index (χ1v) is 15.6. The van der Waals surface area contributed by atoms with Gasteiger partial charge in [-0.1, -0.05) is 48.5 Å². The van der Waals surface area contributed by atoms with E-state index < -0.39 is 0 Å². The molecule has 0 spiro atoms. The Morgan fingerprint density at radius 2 is 1.07 bits per heavy atom. The average molecular weight is 725 g/mol. The molecular weight excluding hydrogens is 675 g/mol. The first-order valence-electron chi connectivity index (χ1n) is 15.6. The van der Waals surface area contributed by atoms with E-state index in [0.717, 1.165) is 71.9 Å². The van der Waals surface area contributed by atoms with Gasteiger partial charge in [-0.3, -0.25) is 14.7 Å². The molecule has 3 aromatic carbocycles. The van der Waals surface area contributed by atoms with Gasteiger partial charge in [-0.05, 0) is 74.2 Å². The molecular formula is C35H49Cl4F3N4. The van der Waals surface area contributed by atoms with Gasteiger partial charge in [0.2, 0.25) is 0 Å². The van der Waals surface area contributed by atoms with Crippen molar-refractivity contribution >= 4 is 49.6 Å². The molecule has 1 unspecified atom stereocenters. The maximum atomic E-state index is 14.8. The number of benzene rings is 3. The van der Waals surface area contributed by atoms with Crippen LogP contribution in [0.2, 0.25) is 0 Å². The molecule has 1 atom stereocenters. The molecule has 0 aliphatic carbocycles. The molecule has 4 nitrogen and oxygen atoms in total. The molecule has 0 amide bonds. The van der Waals surface area contributed by atoms with Crippen molar-refractivity contribution in [3.8, 4) is 0 Å². The zero-order valence-electron chi connectivity index (χ0n) is 26.7. The van der Waals surface area contributed by atoms with Gasteiger partial charge in [-0.25, -0.2) is 13.2 Å². The number of nitrogens with zero attached hydrogens (tertiary/aromatic N) is 4. The van der Waals surface area contributed by atoms with Gasteiger partial charge >= 0.3 is 0 Å². The molecule has 258 valence electrons. The highest BCUT2D eigenvalue weighted by Gasteiger charge is 2.29. The van der Waals surface area contributed by atoms with Gasteiger partial charge in [0.05, 0.1) is 0 Å². The van der Waals surface area contributed by atoms with Gasteiger partial charge in [-0.15, -0.1) is 49.6 Å². The summed E-state index contributed by atoms with van der Waals surface area (Å²) in [6.07, 6.45) is 1.56. The number of rotatable bonds is 11. The molecule has 46 heavy (non-hydrogen) atoms. The van der Waals surface area contributed by atoms with Crippen LogP contribution in [0.1, 0.15) is 55.3 Å². The maximum absolute atomic E-state index is 14.8. The van der Waals surface area contributed by atoms with Gasteiger partial charge in [0.15, 0.2) is 0 Å². The average Bonchev–Trinajstić information content (AvgIpc) is 3.00. The van der Waals surface area contributed by atoms with Gasteiger partial charge in [-0.2, -0.15) is 0 Å². The highest BCUT2D eigenvalue weighted by atomic mass is 35.5. The van der Waals surface area contributed by atoms with Crippen LogP contribution < -0.4 is 0 Å². The standard InChI is InChI=1S/C35H45F3N4.4ClH/c1-27(2)41-22-24-42(25-23-41)35(28-13-15-29(36)16-14-28)26-40-20-18-39(19-21-40)17-7-10-30(31-8-3-5-11-33(31)37)32-9-4-6-12-34(32)38;;;;/h3-6,8-9,11-16,27,30,35H,7,10,17-26H2,1-2H3;4*1H. The second kappa shape index (κ2) is 20.7. The van der Waals surface area contributed by atoms with Gasteiger partial charge in [0, 0.05) is 76.9 Å². The molecule has 3 aromatic rings. The zero-order valence-corrected chi connectivity index (χ0v) is 30.0. The first kappa shape index (κ1) is 42.5. The minimum absolute atomic E-state index is 0. The first-order chi connectivity index (χ1) is 20.4. The summed E-state index contributed by atoms with van der Waals surface area (Å²) in [4.78, 5) is 10.1. The normalized spacial score (nSPS) is 17.0. The van der Waals surface area contributed by atoms with Crippen LogP contribution in [0.4, 0.5) is 13.2 Å². The van der Waals surface area contributed by atoms with Crippen LogP contribution in [0.25, 0.3) is 0 Å². The minimum Gasteiger partial charge on any atom is -0.301 e. The third kappa shape index (κ3) is 11.3. The van der Waals surface area contributed by atoms with E-state index in [1.54, 1.807) is 36.4 Å². The van der Waals surface area contributed by atoms with E-state index in [4.69, 9.17) is 0 Å². The molecule has 0 aromatic heterocycles. The van der Waals surface area contributed by atoms with Crippen LogP contribution in [0.15, 0.2) is 72.8 Å². The van der Waals surface area contributed by atoms with Crippen LogP contribution in [0, 0.1) is 17.5 Å². The Morgan fingerprint density at radius 3 is 1.57 bits per heavy atom. The minimum atomic E-state index is -0.304. The summed E-state index contributed by atoms with van der Waals surface area (Å²) in [5.74, 6) is -1.05. The van der Waals surface area contributed by atoms with Crippen LogP contribution in [-0.2, 0) is 0 Å². The second-order valence-corrected chi connectivity index (χ2v) is 12.1. The summed E-state index contributed by atoms with van der Waals surface area (Å²) in [7, 11) is 0. The fourth-order valence-corrected chi connectivity index (χ4v) is 6.64. The topological polar surface area (TPSA) is 13.0 Å². The number of hydrogen-bond donors (Lipinski definition) is 0. The lowest BCUT2D eigenvalue weighted by atomic mass is 9.86.